The molecule has 0 saturated heterocycles. The topological polar surface area (TPSA) is 52.5 Å². The minimum Gasteiger partial charge on any atom is -0.360 e. The smallest absolute Gasteiger partial charge is 0.134 e. The van der Waals surface area contributed by atoms with Crippen molar-refractivity contribution in [2.24, 2.45) is 0 Å². The van der Waals surface area contributed by atoms with Crippen LogP contribution in [0, 0.1) is 11.3 Å². The largest absolute Gasteiger partial charge is 0.360 e. The Morgan fingerprint density at radius 1 is 1.58 bits per heavy atom. The fourth-order valence-electron chi connectivity index (χ4n) is 0.995. The van der Waals surface area contributed by atoms with Gasteiger partial charge in [0.15, 0.2) is 0 Å². The van der Waals surface area contributed by atoms with Crippen molar-refractivity contribution >= 4 is 11.3 Å². The molecule has 4 heteroatoms. The van der Waals surface area contributed by atoms with Crippen molar-refractivity contribution in [1.29, 1.82) is 5.26 Å². The van der Waals surface area contributed by atoms with E-state index in [4.69, 9.17) is 5.26 Å². The minimum atomic E-state index is 0.650. The molecule has 1 N–H and O–H groups in total. The van der Waals surface area contributed by atoms with Gasteiger partial charge in [-0.2, -0.15) is 5.26 Å². The zero-order valence-electron chi connectivity index (χ0n) is 6.11. The van der Waals surface area contributed by atoms with E-state index in [2.05, 4.69) is 16.0 Å². The van der Waals surface area contributed by atoms with Crippen LogP contribution < -0.4 is 0 Å². The number of H-pyrrole nitrogens is 1. The fourth-order valence-corrected chi connectivity index (χ4v) is 1.59. The molecule has 0 unspecified atom stereocenters. The number of aromatic amines is 1. The van der Waals surface area contributed by atoms with Crippen molar-refractivity contribution in [2.45, 2.75) is 0 Å². The van der Waals surface area contributed by atoms with Crippen LogP contribution in [-0.2, 0) is 0 Å². The summed E-state index contributed by atoms with van der Waals surface area (Å²) in [6.45, 7) is 0. The first kappa shape index (κ1) is 7.07. The molecule has 58 valence electrons. The molecule has 2 aromatic rings. The lowest BCUT2D eigenvalue weighted by Gasteiger charge is -1.89. The molecule has 0 aliphatic heterocycles. The predicted molar refractivity (Wildman–Crippen MR) is 46.6 cm³/mol. The van der Waals surface area contributed by atoms with E-state index >= 15 is 0 Å². The summed E-state index contributed by atoms with van der Waals surface area (Å²) in [7, 11) is 0. The van der Waals surface area contributed by atoms with Crippen molar-refractivity contribution in [1.82, 2.24) is 9.97 Å². The van der Waals surface area contributed by atoms with Gasteiger partial charge in [0.1, 0.15) is 16.6 Å². The van der Waals surface area contributed by atoms with E-state index in [9.17, 15) is 0 Å². The lowest BCUT2D eigenvalue weighted by molar-refractivity contribution is 1.32. The first-order chi connectivity index (χ1) is 5.92. The van der Waals surface area contributed by atoms with Crippen molar-refractivity contribution in [2.75, 3.05) is 0 Å². The summed E-state index contributed by atoms with van der Waals surface area (Å²) in [5.74, 6) is 0. The van der Waals surface area contributed by atoms with Gasteiger partial charge in [0.25, 0.3) is 0 Å². The average Bonchev–Trinajstić information content (AvgIpc) is 2.74. The lowest BCUT2D eigenvalue weighted by atomic mass is 10.3. The Bertz CT molecular complexity index is 408. The van der Waals surface area contributed by atoms with E-state index in [1.165, 1.54) is 11.3 Å². The van der Waals surface area contributed by atoms with E-state index < -0.39 is 0 Å². The molecular formula is C8H5N3S. The van der Waals surface area contributed by atoms with Gasteiger partial charge in [0.05, 0.1) is 11.2 Å². The zero-order chi connectivity index (χ0) is 8.39. The number of nitrogens with one attached hydrogen (secondary N) is 1. The van der Waals surface area contributed by atoms with Gasteiger partial charge in [-0.1, -0.05) is 0 Å². The number of nitrogens with zero attached hydrogens (tertiary/aromatic N) is 2. The van der Waals surface area contributed by atoms with Gasteiger partial charge >= 0.3 is 0 Å². The van der Waals surface area contributed by atoms with E-state index in [0.717, 1.165) is 11.4 Å². The molecule has 0 fully saturated rings. The van der Waals surface area contributed by atoms with Crippen LogP contribution in [0.25, 0.3) is 11.4 Å². The van der Waals surface area contributed by atoms with Gasteiger partial charge < -0.3 is 4.98 Å². The van der Waals surface area contributed by atoms with Gasteiger partial charge in [0, 0.05) is 6.20 Å². The van der Waals surface area contributed by atoms with E-state index in [-0.39, 0.29) is 0 Å². The van der Waals surface area contributed by atoms with Crippen molar-refractivity contribution < 1.29 is 0 Å². The molecule has 0 aliphatic rings. The quantitative estimate of drug-likeness (QED) is 0.720. The molecule has 2 heterocycles. The zero-order valence-corrected chi connectivity index (χ0v) is 6.93. The molecule has 0 spiro atoms. The minimum absolute atomic E-state index is 0.650. The van der Waals surface area contributed by atoms with Gasteiger partial charge in [-0.25, -0.2) is 4.98 Å². The maximum Gasteiger partial charge on any atom is 0.134 e. The summed E-state index contributed by atoms with van der Waals surface area (Å²) < 4.78 is 0. The first-order valence-electron chi connectivity index (χ1n) is 3.39. The highest BCUT2D eigenvalue weighted by Gasteiger charge is 2.07. The third-order valence-electron chi connectivity index (χ3n) is 1.52. The van der Waals surface area contributed by atoms with Crippen LogP contribution >= 0.6 is 11.3 Å². The van der Waals surface area contributed by atoms with Crippen LogP contribution in [0.3, 0.4) is 0 Å². The van der Waals surface area contributed by atoms with Crippen molar-refractivity contribution in [3.63, 3.8) is 0 Å². The van der Waals surface area contributed by atoms with Crippen molar-refractivity contribution in [3.05, 3.63) is 28.7 Å². The summed E-state index contributed by atoms with van der Waals surface area (Å²) in [6, 6.07) is 5.88. The van der Waals surface area contributed by atoms with Crippen LogP contribution in [0.5, 0.6) is 0 Å². The number of nitriles is 1. The molecule has 0 radical (unpaired) electrons. The molecule has 2 aromatic heterocycles. The van der Waals surface area contributed by atoms with Crippen LogP contribution in [-0.4, -0.2) is 9.97 Å². The molecule has 2 rings (SSSR count). The Labute approximate surface area is 73.3 Å². The average molecular weight is 175 g/mol. The van der Waals surface area contributed by atoms with E-state index in [1.54, 1.807) is 5.51 Å². The highest BCUT2D eigenvalue weighted by molar-refractivity contribution is 7.10. The number of hydrogen-bond donors (Lipinski definition) is 1. The lowest BCUT2D eigenvalue weighted by Crippen LogP contribution is -1.78. The summed E-state index contributed by atoms with van der Waals surface area (Å²) in [6.07, 6.45) is 1.82. The van der Waals surface area contributed by atoms with Gasteiger partial charge in [-0.15, -0.1) is 11.3 Å². The molecule has 0 aliphatic carbocycles. The summed E-state index contributed by atoms with van der Waals surface area (Å²) in [5.41, 5.74) is 3.31. The monoisotopic (exact) mass is 175 g/mol. The molecule has 0 atom stereocenters. The van der Waals surface area contributed by atoms with Crippen LogP contribution in [0.15, 0.2) is 23.8 Å². The Balaban J connectivity index is 2.55. The van der Waals surface area contributed by atoms with Crippen LogP contribution in [0.2, 0.25) is 0 Å². The summed E-state index contributed by atoms with van der Waals surface area (Å²) in [4.78, 5) is 7.75. The highest BCUT2D eigenvalue weighted by atomic mass is 32.1. The second-order valence-electron chi connectivity index (χ2n) is 2.23. The molecule has 0 saturated carbocycles. The summed E-state index contributed by atoms with van der Waals surface area (Å²) >= 11 is 1.36. The predicted octanol–water partition coefficient (Wildman–Crippen LogP) is 2.01. The Hall–Kier alpha value is -1.60. The van der Waals surface area contributed by atoms with Gasteiger partial charge in [0.2, 0.25) is 0 Å². The molecule has 12 heavy (non-hydrogen) atoms. The fraction of sp³-hybridized carbons (Fsp3) is 0. The Morgan fingerprint density at radius 2 is 2.50 bits per heavy atom. The van der Waals surface area contributed by atoms with Gasteiger partial charge in [-0.05, 0) is 12.1 Å². The van der Waals surface area contributed by atoms with Crippen LogP contribution in [0.4, 0.5) is 0 Å². The highest BCUT2D eigenvalue weighted by Crippen LogP contribution is 2.22. The van der Waals surface area contributed by atoms with E-state index in [0.29, 0.717) is 4.88 Å². The number of thiazole rings is 1. The maximum absolute atomic E-state index is 8.71. The second kappa shape index (κ2) is 2.80. The number of hydrogen-bond acceptors (Lipinski definition) is 3. The normalized spacial score (nSPS) is 9.58. The molecule has 0 bridgehead atoms. The first-order valence-corrected chi connectivity index (χ1v) is 4.27. The molecule has 0 aromatic carbocycles. The maximum atomic E-state index is 8.71. The number of rotatable bonds is 1. The SMILES string of the molecule is N#Cc1scnc1-c1ccc[nH]1. The molecular weight excluding hydrogens is 170 g/mol. The Kier molecular flexibility index (Phi) is 1.65. The number of aromatic nitrogens is 2. The van der Waals surface area contributed by atoms with Crippen LogP contribution in [0.1, 0.15) is 4.88 Å². The molecule has 0 amide bonds. The van der Waals surface area contributed by atoms with Gasteiger partial charge in [-0.3, -0.25) is 0 Å². The second-order valence-corrected chi connectivity index (χ2v) is 3.08. The standard InChI is InChI=1S/C8H5N3S/c9-4-7-8(11-5-12-7)6-2-1-3-10-6/h1-3,5,10H. The molecule has 3 nitrogen and oxygen atoms in total. The van der Waals surface area contributed by atoms with E-state index in [1.807, 2.05) is 18.3 Å². The summed E-state index contributed by atoms with van der Waals surface area (Å²) in [5, 5.41) is 8.71. The van der Waals surface area contributed by atoms with Crippen molar-refractivity contribution in [3.8, 4) is 17.5 Å². The Morgan fingerprint density at radius 3 is 3.17 bits per heavy atom. The third-order valence-corrected chi connectivity index (χ3v) is 2.25. The third kappa shape index (κ3) is 1.00.